The Morgan fingerprint density at radius 1 is 1.43 bits per heavy atom. The second-order valence-electron chi connectivity index (χ2n) is 4.62. The Morgan fingerprint density at radius 3 is 2.90 bits per heavy atom. The average molecular weight is 307 g/mol. The van der Waals surface area contributed by atoms with Crippen LogP contribution in [0.1, 0.15) is 12.5 Å². The van der Waals surface area contributed by atoms with Gasteiger partial charge < -0.3 is 16.0 Å². The molecule has 1 aliphatic rings. The summed E-state index contributed by atoms with van der Waals surface area (Å²) in [4.78, 5) is 34.5. The van der Waals surface area contributed by atoms with E-state index in [0.717, 1.165) is 23.7 Å². The third kappa shape index (κ3) is 4.49. The van der Waals surface area contributed by atoms with E-state index >= 15 is 0 Å². The SMILES string of the molecule is CCc1cccc(NC(=O)CNC(=O)C2CSC(=O)N2)c1. The van der Waals surface area contributed by atoms with Crippen molar-refractivity contribution < 1.29 is 14.4 Å². The summed E-state index contributed by atoms with van der Waals surface area (Å²) in [6.07, 6.45) is 0.888. The van der Waals surface area contributed by atoms with Gasteiger partial charge in [0.2, 0.25) is 11.8 Å². The third-order valence-electron chi connectivity index (χ3n) is 3.03. The van der Waals surface area contributed by atoms with Crippen LogP contribution in [0.4, 0.5) is 10.5 Å². The number of thioether (sulfide) groups is 1. The van der Waals surface area contributed by atoms with Crippen molar-refractivity contribution in [1.82, 2.24) is 10.6 Å². The van der Waals surface area contributed by atoms with Crippen molar-refractivity contribution in [3.63, 3.8) is 0 Å². The molecule has 1 aromatic carbocycles. The van der Waals surface area contributed by atoms with Gasteiger partial charge in [-0.2, -0.15) is 0 Å². The lowest BCUT2D eigenvalue weighted by molar-refractivity contribution is -0.125. The molecule has 3 amide bonds. The first-order valence-corrected chi connectivity index (χ1v) is 7.67. The summed E-state index contributed by atoms with van der Waals surface area (Å²) in [5.41, 5.74) is 1.83. The largest absolute Gasteiger partial charge is 0.345 e. The maximum Gasteiger partial charge on any atom is 0.279 e. The van der Waals surface area contributed by atoms with Crippen molar-refractivity contribution in [3.05, 3.63) is 29.8 Å². The van der Waals surface area contributed by atoms with E-state index in [0.29, 0.717) is 11.4 Å². The molecule has 112 valence electrons. The molecule has 1 unspecified atom stereocenters. The standard InChI is InChI=1S/C14H17N3O3S/c1-2-9-4-3-5-10(6-9)16-12(18)7-15-13(19)11-8-21-14(20)17-11/h3-6,11H,2,7-8H2,1H3,(H,15,19)(H,16,18)(H,17,20). The Balaban J connectivity index is 1.79. The zero-order valence-electron chi connectivity index (χ0n) is 11.6. The summed E-state index contributed by atoms with van der Waals surface area (Å²) < 4.78 is 0. The van der Waals surface area contributed by atoms with Crippen molar-refractivity contribution in [1.29, 1.82) is 0 Å². The molecule has 6 nitrogen and oxygen atoms in total. The van der Waals surface area contributed by atoms with Gasteiger partial charge in [0.1, 0.15) is 6.04 Å². The molecule has 2 rings (SSSR count). The zero-order chi connectivity index (χ0) is 15.2. The van der Waals surface area contributed by atoms with Crippen molar-refractivity contribution in [3.8, 4) is 0 Å². The highest BCUT2D eigenvalue weighted by Crippen LogP contribution is 2.13. The lowest BCUT2D eigenvalue weighted by Crippen LogP contribution is -2.45. The van der Waals surface area contributed by atoms with E-state index < -0.39 is 6.04 Å². The van der Waals surface area contributed by atoms with E-state index in [4.69, 9.17) is 0 Å². The zero-order valence-corrected chi connectivity index (χ0v) is 12.5. The molecule has 0 spiro atoms. The van der Waals surface area contributed by atoms with Crippen molar-refractivity contribution in [2.75, 3.05) is 17.6 Å². The van der Waals surface area contributed by atoms with Gasteiger partial charge in [-0.15, -0.1) is 0 Å². The molecular weight excluding hydrogens is 290 g/mol. The number of amides is 3. The van der Waals surface area contributed by atoms with Crippen molar-refractivity contribution >= 4 is 34.5 Å². The average Bonchev–Trinajstić information content (AvgIpc) is 2.91. The number of benzene rings is 1. The first-order chi connectivity index (χ1) is 10.1. The molecule has 1 aliphatic heterocycles. The molecule has 1 heterocycles. The molecule has 0 bridgehead atoms. The van der Waals surface area contributed by atoms with Crippen LogP contribution < -0.4 is 16.0 Å². The summed E-state index contributed by atoms with van der Waals surface area (Å²) in [6, 6.07) is 7.00. The molecule has 0 saturated carbocycles. The van der Waals surface area contributed by atoms with Crippen LogP contribution in [-0.4, -0.2) is 35.4 Å². The number of anilines is 1. The van der Waals surface area contributed by atoms with Crippen LogP contribution in [0, 0.1) is 0 Å². The minimum absolute atomic E-state index is 0.119. The smallest absolute Gasteiger partial charge is 0.279 e. The summed E-state index contributed by atoms with van der Waals surface area (Å²) in [5, 5.41) is 7.55. The fourth-order valence-corrected chi connectivity index (χ4v) is 2.67. The number of rotatable bonds is 5. The van der Waals surface area contributed by atoms with Crippen LogP contribution in [0.2, 0.25) is 0 Å². The van der Waals surface area contributed by atoms with E-state index in [9.17, 15) is 14.4 Å². The lowest BCUT2D eigenvalue weighted by atomic mass is 10.1. The van der Waals surface area contributed by atoms with Gasteiger partial charge in [0.15, 0.2) is 0 Å². The Labute approximate surface area is 127 Å². The van der Waals surface area contributed by atoms with Gasteiger partial charge in [0.05, 0.1) is 6.54 Å². The molecule has 3 N–H and O–H groups in total. The molecular formula is C14H17N3O3S. The van der Waals surface area contributed by atoms with E-state index in [1.807, 2.05) is 25.1 Å². The second kappa shape index (κ2) is 7.12. The Morgan fingerprint density at radius 2 is 2.24 bits per heavy atom. The fraction of sp³-hybridized carbons (Fsp3) is 0.357. The normalized spacial score (nSPS) is 17.2. The van der Waals surface area contributed by atoms with E-state index in [2.05, 4.69) is 16.0 Å². The molecule has 1 aromatic rings. The van der Waals surface area contributed by atoms with Gasteiger partial charge in [-0.25, -0.2) is 0 Å². The van der Waals surface area contributed by atoms with Gasteiger partial charge in [-0.3, -0.25) is 14.4 Å². The minimum atomic E-state index is -0.557. The quantitative estimate of drug-likeness (QED) is 0.761. The number of carbonyl (C=O) groups excluding carboxylic acids is 3. The second-order valence-corrected chi connectivity index (χ2v) is 5.61. The Bertz CT molecular complexity index is 562. The predicted molar refractivity (Wildman–Crippen MR) is 82.2 cm³/mol. The molecule has 0 aromatic heterocycles. The molecule has 0 radical (unpaired) electrons. The monoisotopic (exact) mass is 307 g/mol. The van der Waals surface area contributed by atoms with Gasteiger partial charge in [0, 0.05) is 11.4 Å². The molecule has 1 atom stereocenters. The minimum Gasteiger partial charge on any atom is -0.345 e. The molecule has 1 saturated heterocycles. The van der Waals surface area contributed by atoms with Crippen molar-refractivity contribution in [2.45, 2.75) is 19.4 Å². The number of nitrogens with one attached hydrogen (secondary N) is 3. The molecule has 0 aliphatic carbocycles. The van der Waals surface area contributed by atoms with Crippen molar-refractivity contribution in [2.24, 2.45) is 0 Å². The van der Waals surface area contributed by atoms with Crippen LogP contribution in [0.25, 0.3) is 0 Å². The van der Waals surface area contributed by atoms with E-state index in [-0.39, 0.29) is 23.6 Å². The lowest BCUT2D eigenvalue weighted by Gasteiger charge is -2.11. The first-order valence-electron chi connectivity index (χ1n) is 6.68. The number of hydrogen-bond acceptors (Lipinski definition) is 4. The van der Waals surface area contributed by atoms with Crippen LogP contribution in [0.3, 0.4) is 0 Å². The third-order valence-corrected chi connectivity index (χ3v) is 3.91. The molecule has 7 heteroatoms. The Kier molecular flexibility index (Phi) is 5.21. The van der Waals surface area contributed by atoms with Crippen LogP contribution >= 0.6 is 11.8 Å². The number of hydrogen-bond donors (Lipinski definition) is 3. The highest BCUT2D eigenvalue weighted by atomic mass is 32.2. The first kappa shape index (κ1) is 15.4. The highest BCUT2D eigenvalue weighted by molar-refractivity contribution is 8.14. The molecule has 1 fully saturated rings. The highest BCUT2D eigenvalue weighted by Gasteiger charge is 2.27. The topological polar surface area (TPSA) is 87.3 Å². The number of aryl methyl sites for hydroxylation is 1. The van der Waals surface area contributed by atoms with Gasteiger partial charge >= 0.3 is 0 Å². The number of carbonyl (C=O) groups is 3. The summed E-state index contributed by atoms with van der Waals surface area (Å²) in [6.45, 7) is 1.92. The van der Waals surface area contributed by atoms with E-state index in [1.165, 1.54) is 0 Å². The van der Waals surface area contributed by atoms with E-state index in [1.54, 1.807) is 6.07 Å². The summed E-state index contributed by atoms with van der Waals surface area (Å²) in [7, 11) is 0. The fourth-order valence-electron chi connectivity index (χ4n) is 1.89. The maximum atomic E-state index is 11.8. The summed E-state index contributed by atoms with van der Waals surface area (Å²) >= 11 is 1.06. The van der Waals surface area contributed by atoms with Gasteiger partial charge in [0.25, 0.3) is 5.24 Å². The van der Waals surface area contributed by atoms with Gasteiger partial charge in [-0.1, -0.05) is 30.8 Å². The van der Waals surface area contributed by atoms with Gasteiger partial charge in [-0.05, 0) is 24.1 Å². The van der Waals surface area contributed by atoms with Crippen LogP contribution in [0.5, 0.6) is 0 Å². The summed E-state index contributed by atoms with van der Waals surface area (Å²) in [5.74, 6) is -0.246. The predicted octanol–water partition coefficient (Wildman–Crippen LogP) is 1.13. The maximum absolute atomic E-state index is 11.8. The van der Waals surface area contributed by atoms with Crippen LogP contribution in [0.15, 0.2) is 24.3 Å². The molecule has 21 heavy (non-hydrogen) atoms. The Hall–Kier alpha value is -2.02. The van der Waals surface area contributed by atoms with Crippen LogP contribution in [-0.2, 0) is 16.0 Å².